The van der Waals surface area contributed by atoms with Gasteiger partial charge in [-0.3, -0.25) is 19.8 Å². The van der Waals surface area contributed by atoms with Crippen molar-refractivity contribution in [3.8, 4) is 5.75 Å². The summed E-state index contributed by atoms with van der Waals surface area (Å²) in [7, 11) is 3.33. The van der Waals surface area contributed by atoms with Crippen LogP contribution in [0.25, 0.3) is 0 Å². The molecule has 1 heterocycles. The number of anilines is 1. The summed E-state index contributed by atoms with van der Waals surface area (Å²) < 4.78 is 5.24. The topological polar surface area (TPSA) is 79.0 Å². The first-order valence-electron chi connectivity index (χ1n) is 10.3. The van der Waals surface area contributed by atoms with Crippen LogP contribution in [0.4, 0.5) is 5.69 Å². The highest BCUT2D eigenvalue weighted by atomic mass is 16.5. The lowest BCUT2D eigenvalue weighted by Crippen LogP contribution is -2.59. The summed E-state index contributed by atoms with van der Waals surface area (Å²) in [5, 5.41) is 1.28. The van der Waals surface area contributed by atoms with Gasteiger partial charge in [0.1, 0.15) is 5.75 Å². The molecule has 7 heteroatoms. The fraction of sp³-hybridized carbons (Fsp3) is 0.292. The second kappa shape index (κ2) is 8.63. The van der Waals surface area contributed by atoms with Crippen molar-refractivity contribution in [2.45, 2.75) is 19.4 Å². The fourth-order valence-electron chi connectivity index (χ4n) is 4.10. The van der Waals surface area contributed by atoms with Crippen molar-refractivity contribution >= 4 is 23.4 Å². The number of rotatable bonds is 5. The van der Waals surface area contributed by atoms with E-state index in [1.54, 1.807) is 43.3 Å². The molecule has 2 atom stereocenters. The van der Waals surface area contributed by atoms with E-state index in [0.29, 0.717) is 30.6 Å². The van der Waals surface area contributed by atoms with Gasteiger partial charge in [0.2, 0.25) is 11.8 Å². The molecule has 0 saturated carbocycles. The third kappa shape index (κ3) is 4.17. The number of nitrogens with one attached hydrogen (secondary N) is 1. The number of hydrogen-bond acceptors (Lipinski definition) is 4. The van der Waals surface area contributed by atoms with Gasteiger partial charge in [-0.15, -0.1) is 0 Å². The first-order valence-corrected chi connectivity index (χ1v) is 10.3. The normalized spacial score (nSPS) is 20.1. The molecule has 160 valence electrons. The number of allylic oxidation sites excluding steroid dienone is 2. The standard InChI is InChI=1S/C24H25N3O4/c1-26(15-16-7-5-10-19(13-16)31-2)23(29)17-8-6-9-18(14-17)27-24(30)21-12-4-3-11-20(21)22(28)25-27/h3-10,13-14,20-21H,11-12,15H2,1-2H3,(H,25,28). The minimum absolute atomic E-state index is 0.150. The number of ether oxygens (including phenoxy) is 1. The minimum Gasteiger partial charge on any atom is -0.497 e. The number of hydrazine groups is 1. The molecule has 2 unspecified atom stereocenters. The highest BCUT2D eigenvalue weighted by Crippen LogP contribution is 2.32. The third-order valence-corrected chi connectivity index (χ3v) is 5.78. The molecule has 0 aromatic heterocycles. The second-order valence-corrected chi connectivity index (χ2v) is 7.87. The zero-order valence-electron chi connectivity index (χ0n) is 17.6. The van der Waals surface area contributed by atoms with Crippen LogP contribution in [0.15, 0.2) is 60.7 Å². The van der Waals surface area contributed by atoms with Gasteiger partial charge < -0.3 is 9.64 Å². The zero-order valence-corrected chi connectivity index (χ0v) is 17.6. The maximum atomic E-state index is 13.0. The number of carbonyl (C=O) groups is 3. The van der Waals surface area contributed by atoms with E-state index in [1.807, 2.05) is 36.4 Å². The van der Waals surface area contributed by atoms with Gasteiger partial charge in [-0.05, 0) is 48.7 Å². The predicted molar refractivity (Wildman–Crippen MR) is 116 cm³/mol. The van der Waals surface area contributed by atoms with Crippen molar-refractivity contribution in [1.29, 1.82) is 0 Å². The van der Waals surface area contributed by atoms with E-state index in [4.69, 9.17) is 4.74 Å². The highest BCUT2D eigenvalue weighted by Gasteiger charge is 2.42. The lowest BCUT2D eigenvalue weighted by molar-refractivity contribution is -0.139. The van der Waals surface area contributed by atoms with E-state index >= 15 is 0 Å². The van der Waals surface area contributed by atoms with E-state index in [0.717, 1.165) is 11.3 Å². The van der Waals surface area contributed by atoms with E-state index in [9.17, 15) is 14.4 Å². The molecule has 1 saturated heterocycles. The summed E-state index contributed by atoms with van der Waals surface area (Å²) >= 11 is 0. The van der Waals surface area contributed by atoms with Crippen LogP contribution in [-0.2, 0) is 16.1 Å². The van der Waals surface area contributed by atoms with E-state index in [-0.39, 0.29) is 29.6 Å². The summed E-state index contributed by atoms with van der Waals surface area (Å²) in [6, 6.07) is 14.3. The lowest BCUT2D eigenvalue weighted by atomic mass is 9.80. The van der Waals surface area contributed by atoms with Crippen molar-refractivity contribution < 1.29 is 19.1 Å². The Bertz CT molecular complexity index is 1050. The molecule has 2 aliphatic rings. The molecule has 1 aliphatic heterocycles. The molecular weight excluding hydrogens is 394 g/mol. The maximum absolute atomic E-state index is 13.0. The Morgan fingerprint density at radius 1 is 1.10 bits per heavy atom. The van der Waals surface area contributed by atoms with E-state index in [1.165, 1.54) is 5.01 Å². The SMILES string of the molecule is COc1cccc(CN(C)C(=O)c2cccc(N3NC(=O)C4CC=CCC4C3=O)c2)c1. The van der Waals surface area contributed by atoms with Gasteiger partial charge in [-0.1, -0.05) is 30.4 Å². The summed E-state index contributed by atoms with van der Waals surface area (Å²) in [6.45, 7) is 0.412. The molecular formula is C24H25N3O4. The van der Waals surface area contributed by atoms with Crippen LogP contribution < -0.4 is 15.2 Å². The van der Waals surface area contributed by atoms with Crippen molar-refractivity contribution in [3.05, 3.63) is 71.8 Å². The van der Waals surface area contributed by atoms with Crippen LogP contribution in [0.3, 0.4) is 0 Å². The highest BCUT2D eigenvalue weighted by molar-refractivity contribution is 6.05. The van der Waals surface area contributed by atoms with Gasteiger partial charge in [-0.2, -0.15) is 0 Å². The molecule has 2 aromatic carbocycles. The van der Waals surface area contributed by atoms with Crippen LogP contribution in [-0.4, -0.2) is 36.8 Å². The number of amides is 3. The second-order valence-electron chi connectivity index (χ2n) is 7.87. The Kier molecular flexibility index (Phi) is 5.75. The van der Waals surface area contributed by atoms with Crippen LogP contribution in [0.5, 0.6) is 5.75 Å². The molecule has 0 spiro atoms. The van der Waals surface area contributed by atoms with Gasteiger partial charge >= 0.3 is 0 Å². The van der Waals surface area contributed by atoms with Crippen LogP contribution in [0.1, 0.15) is 28.8 Å². The lowest BCUT2D eigenvalue weighted by Gasteiger charge is -2.38. The smallest absolute Gasteiger partial charge is 0.253 e. The summed E-state index contributed by atoms with van der Waals surface area (Å²) in [6.07, 6.45) is 5.02. The molecule has 0 radical (unpaired) electrons. The van der Waals surface area contributed by atoms with Crippen LogP contribution >= 0.6 is 0 Å². The minimum atomic E-state index is -0.367. The number of methoxy groups -OCH3 is 1. The van der Waals surface area contributed by atoms with Gasteiger partial charge in [0.25, 0.3) is 5.91 Å². The average Bonchev–Trinajstić information content (AvgIpc) is 2.81. The quantitative estimate of drug-likeness (QED) is 0.756. The zero-order chi connectivity index (χ0) is 22.0. The third-order valence-electron chi connectivity index (χ3n) is 5.78. The molecule has 1 N–H and O–H groups in total. The molecule has 4 rings (SSSR count). The Balaban J connectivity index is 1.52. The molecule has 0 bridgehead atoms. The first kappa shape index (κ1) is 20.7. The molecule has 7 nitrogen and oxygen atoms in total. The largest absolute Gasteiger partial charge is 0.497 e. The Morgan fingerprint density at radius 2 is 1.84 bits per heavy atom. The molecule has 1 fully saturated rings. The van der Waals surface area contributed by atoms with Gasteiger partial charge in [0.05, 0.1) is 24.6 Å². The molecule has 1 aliphatic carbocycles. The fourth-order valence-corrected chi connectivity index (χ4v) is 4.10. The van der Waals surface area contributed by atoms with Crippen molar-refractivity contribution in [2.75, 3.05) is 19.2 Å². The van der Waals surface area contributed by atoms with E-state index in [2.05, 4.69) is 5.43 Å². The Hall–Kier alpha value is -3.61. The average molecular weight is 419 g/mol. The van der Waals surface area contributed by atoms with Crippen molar-refractivity contribution in [2.24, 2.45) is 11.8 Å². The van der Waals surface area contributed by atoms with Crippen molar-refractivity contribution in [1.82, 2.24) is 10.3 Å². The summed E-state index contributed by atoms with van der Waals surface area (Å²) in [5.41, 5.74) is 4.57. The predicted octanol–water partition coefficient (Wildman–Crippen LogP) is 2.93. The Labute approximate surface area is 181 Å². The number of nitrogens with zero attached hydrogens (tertiary/aromatic N) is 2. The molecule has 2 aromatic rings. The summed E-state index contributed by atoms with van der Waals surface area (Å²) in [4.78, 5) is 40.1. The first-order chi connectivity index (χ1) is 15.0. The summed E-state index contributed by atoms with van der Waals surface area (Å²) in [5.74, 6) is -0.458. The van der Waals surface area contributed by atoms with E-state index < -0.39 is 0 Å². The monoisotopic (exact) mass is 419 g/mol. The molecule has 3 amide bonds. The van der Waals surface area contributed by atoms with Gasteiger partial charge in [0.15, 0.2) is 0 Å². The number of carbonyl (C=O) groups excluding carboxylic acids is 3. The number of hydrogen-bond donors (Lipinski definition) is 1. The van der Waals surface area contributed by atoms with Crippen LogP contribution in [0, 0.1) is 11.8 Å². The number of fused-ring (bicyclic) bond motifs is 1. The van der Waals surface area contributed by atoms with Crippen molar-refractivity contribution in [3.63, 3.8) is 0 Å². The maximum Gasteiger partial charge on any atom is 0.253 e. The van der Waals surface area contributed by atoms with Crippen LogP contribution in [0.2, 0.25) is 0 Å². The van der Waals surface area contributed by atoms with Gasteiger partial charge in [-0.25, -0.2) is 5.01 Å². The Morgan fingerprint density at radius 3 is 2.61 bits per heavy atom. The number of benzene rings is 2. The van der Waals surface area contributed by atoms with Gasteiger partial charge in [0, 0.05) is 19.2 Å². The molecule has 31 heavy (non-hydrogen) atoms.